The average Bonchev–Trinajstić information content (AvgIpc) is 2.97. The third kappa shape index (κ3) is 1.63. The molecule has 3 aromatic rings. The van der Waals surface area contributed by atoms with Gasteiger partial charge in [-0.3, -0.25) is 9.48 Å². The lowest BCUT2D eigenvalue weighted by molar-refractivity contribution is 0.649. The number of aromatic nitrogens is 4. The minimum Gasteiger partial charge on any atom is -0.323 e. The normalized spacial score (nSPS) is 11.2. The van der Waals surface area contributed by atoms with Gasteiger partial charge >= 0.3 is 0 Å². The van der Waals surface area contributed by atoms with E-state index in [4.69, 9.17) is 12.2 Å². The Labute approximate surface area is 111 Å². The van der Waals surface area contributed by atoms with Gasteiger partial charge in [0.1, 0.15) is 4.83 Å². The Morgan fingerprint density at radius 2 is 2.33 bits per heavy atom. The number of nitrogens with one attached hydrogen (secondary N) is 1. The number of fused-ring (bicyclic) bond motifs is 1. The SMILES string of the molecule is CCn1ccc(-n2c(=S)[nH]c3sccc3c2=O)n1. The van der Waals surface area contributed by atoms with E-state index in [1.54, 1.807) is 16.8 Å². The zero-order valence-electron chi connectivity index (χ0n) is 9.58. The largest absolute Gasteiger partial charge is 0.323 e. The lowest BCUT2D eigenvalue weighted by atomic mass is 10.4. The minimum absolute atomic E-state index is 0.128. The third-order valence-electron chi connectivity index (χ3n) is 2.70. The fraction of sp³-hybridized carbons (Fsp3) is 0.182. The summed E-state index contributed by atoms with van der Waals surface area (Å²) in [5, 5.41) is 6.81. The quantitative estimate of drug-likeness (QED) is 0.732. The number of rotatable bonds is 2. The summed E-state index contributed by atoms with van der Waals surface area (Å²) in [6.07, 6.45) is 1.83. The van der Waals surface area contributed by atoms with Gasteiger partial charge in [0, 0.05) is 18.8 Å². The molecular weight excluding hydrogens is 268 g/mol. The summed E-state index contributed by atoms with van der Waals surface area (Å²) in [6, 6.07) is 3.58. The first-order valence-electron chi connectivity index (χ1n) is 5.47. The van der Waals surface area contributed by atoms with Gasteiger partial charge in [-0.25, -0.2) is 4.57 Å². The van der Waals surface area contributed by atoms with Gasteiger partial charge in [-0.2, -0.15) is 5.10 Å². The molecule has 0 saturated carbocycles. The highest BCUT2D eigenvalue weighted by molar-refractivity contribution is 7.71. The van der Waals surface area contributed by atoms with E-state index in [1.807, 2.05) is 18.5 Å². The lowest BCUT2D eigenvalue weighted by Gasteiger charge is -2.02. The van der Waals surface area contributed by atoms with Gasteiger partial charge < -0.3 is 4.98 Å². The van der Waals surface area contributed by atoms with Crippen LogP contribution in [0.15, 0.2) is 28.5 Å². The van der Waals surface area contributed by atoms with E-state index in [2.05, 4.69) is 10.1 Å². The van der Waals surface area contributed by atoms with Crippen LogP contribution in [0.4, 0.5) is 0 Å². The average molecular weight is 278 g/mol. The molecule has 3 rings (SSSR count). The molecule has 0 radical (unpaired) electrons. The molecule has 3 aromatic heterocycles. The number of H-pyrrole nitrogens is 1. The molecule has 0 spiro atoms. The maximum absolute atomic E-state index is 12.3. The number of thiophene rings is 1. The summed E-state index contributed by atoms with van der Waals surface area (Å²) in [5.41, 5.74) is -0.128. The highest BCUT2D eigenvalue weighted by Crippen LogP contribution is 2.15. The molecule has 0 amide bonds. The Hall–Kier alpha value is -1.73. The Morgan fingerprint density at radius 1 is 1.50 bits per heavy atom. The summed E-state index contributed by atoms with van der Waals surface area (Å²) in [5.74, 6) is 0.552. The van der Waals surface area contributed by atoms with Crippen LogP contribution in [0, 0.1) is 4.77 Å². The zero-order valence-corrected chi connectivity index (χ0v) is 11.2. The highest BCUT2D eigenvalue weighted by Gasteiger charge is 2.10. The second kappa shape index (κ2) is 4.18. The maximum atomic E-state index is 12.3. The van der Waals surface area contributed by atoms with Crippen LogP contribution in [-0.2, 0) is 6.54 Å². The van der Waals surface area contributed by atoms with Crippen LogP contribution in [-0.4, -0.2) is 19.3 Å². The molecule has 0 aliphatic heterocycles. The summed E-state index contributed by atoms with van der Waals surface area (Å²) < 4.78 is 3.56. The molecule has 0 aliphatic rings. The molecule has 92 valence electrons. The Morgan fingerprint density at radius 3 is 3.06 bits per heavy atom. The lowest BCUT2D eigenvalue weighted by Crippen LogP contribution is -2.20. The number of aromatic amines is 1. The van der Waals surface area contributed by atoms with Crippen molar-refractivity contribution in [3.05, 3.63) is 38.8 Å². The topological polar surface area (TPSA) is 55.6 Å². The molecule has 0 unspecified atom stereocenters. The van der Waals surface area contributed by atoms with Gasteiger partial charge in [0.05, 0.1) is 5.39 Å². The van der Waals surface area contributed by atoms with Crippen molar-refractivity contribution in [1.29, 1.82) is 0 Å². The molecular formula is C11H10N4OS2. The Balaban J connectivity index is 2.34. The van der Waals surface area contributed by atoms with Gasteiger partial charge in [-0.05, 0) is 30.6 Å². The molecule has 0 saturated heterocycles. The van der Waals surface area contributed by atoms with E-state index in [9.17, 15) is 4.79 Å². The van der Waals surface area contributed by atoms with Crippen LogP contribution in [0.2, 0.25) is 0 Å². The van der Waals surface area contributed by atoms with Gasteiger partial charge in [0.15, 0.2) is 10.6 Å². The Bertz CT molecular complexity index is 823. The molecule has 0 fully saturated rings. The molecule has 18 heavy (non-hydrogen) atoms. The van der Waals surface area contributed by atoms with Gasteiger partial charge in [-0.1, -0.05) is 0 Å². The van der Waals surface area contributed by atoms with Crippen molar-refractivity contribution < 1.29 is 0 Å². The number of aryl methyl sites for hydroxylation is 1. The number of nitrogens with zero attached hydrogens (tertiary/aromatic N) is 3. The van der Waals surface area contributed by atoms with Crippen LogP contribution in [0.5, 0.6) is 0 Å². The smallest absolute Gasteiger partial charge is 0.268 e. The van der Waals surface area contributed by atoms with Crippen molar-refractivity contribution in [1.82, 2.24) is 19.3 Å². The second-order valence-electron chi connectivity index (χ2n) is 3.76. The van der Waals surface area contributed by atoms with Crippen molar-refractivity contribution in [2.75, 3.05) is 0 Å². The number of hydrogen-bond acceptors (Lipinski definition) is 4. The first kappa shape index (κ1) is 11.4. The molecule has 0 atom stereocenters. The van der Waals surface area contributed by atoms with Crippen molar-refractivity contribution >= 4 is 33.8 Å². The van der Waals surface area contributed by atoms with E-state index in [0.717, 1.165) is 11.4 Å². The standard InChI is InChI=1S/C11H10N4OS2/c1-2-14-5-3-8(13-14)15-10(16)7-4-6-18-9(7)12-11(15)17/h3-6H,2H2,1H3,(H,12,17). The van der Waals surface area contributed by atoms with Crippen molar-refractivity contribution in [2.24, 2.45) is 0 Å². The first-order valence-corrected chi connectivity index (χ1v) is 6.76. The molecule has 3 heterocycles. The zero-order chi connectivity index (χ0) is 12.7. The fourth-order valence-corrected chi connectivity index (χ4v) is 2.92. The summed E-state index contributed by atoms with van der Waals surface area (Å²) in [6.45, 7) is 2.74. The van der Waals surface area contributed by atoms with Crippen LogP contribution in [0.3, 0.4) is 0 Å². The van der Waals surface area contributed by atoms with Crippen LogP contribution in [0.25, 0.3) is 16.0 Å². The summed E-state index contributed by atoms with van der Waals surface area (Å²) in [4.78, 5) is 16.2. The van der Waals surface area contributed by atoms with Gasteiger partial charge in [0.2, 0.25) is 0 Å². The van der Waals surface area contributed by atoms with E-state index in [0.29, 0.717) is 16.0 Å². The van der Waals surface area contributed by atoms with E-state index in [1.165, 1.54) is 15.9 Å². The van der Waals surface area contributed by atoms with Crippen LogP contribution in [0.1, 0.15) is 6.92 Å². The predicted octanol–water partition coefficient (Wildman–Crippen LogP) is 2.33. The summed E-state index contributed by atoms with van der Waals surface area (Å²) in [7, 11) is 0. The third-order valence-corrected chi connectivity index (χ3v) is 3.82. The van der Waals surface area contributed by atoms with Crippen LogP contribution >= 0.6 is 23.6 Å². The van der Waals surface area contributed by atoms with E-state index >= 15 is 0 Å². The minimum atomic E-state index is -0.128. The maximum Gasteiger partial charge on any atom is 0.268 e. The van der Waals surface area contributed by atoms with Gasteiger partial charge in [-0.15, -0.1) is 11.3 Å². The molecule has 1 N–H and O–H groups in total. The van der Waals surface area contributed by atoms with Crippen LogP contribution < -0.4 is 5.56 Å². The predicted molar refractivity (Wildman–Crippen MR) is 74.1 cm³/mol. The van der Waals surface area contributed by atoms with Crippen molar-refractivity contribution in [3.63, 3.8) is 0 Å². The van der Waals surface area contributed by atoms with Gasteiger partial charge in [0.25, 0.3) is 5.56 Å². The summed E-state index contributed by atoms with van der Waals surface area (Å²) >= 11 is 6.69. The highest BCUT2D eigenvalue weighted by atomic mass is 32.1. The molecule has 0 aliphatic carbocycles. The molecule has 7 heteroatoms. The monoisotopic (exact) mass is 278 g/mol. The van der Waals surface area contributed by atoms with Crippen molar-refractivity contribution in [3.8, 4) is 5.82 Å². The van der Waals surface area contributed by atoms with E-state index < -0.39 is 0 Å². The first-order chi connectivity index (χ1) is 8.70. The van der Waals surface area contributed by atoms with E-state index in [-0.39, 0.29) is 5.56 Å². The number of hydrogen-bond donors (Lipinski definition) is 1. The fourth-order valence-electron chi connectivity index (χ4n) is 1.79. The second-order valence-corrected chi connectivity index (χ2v) is 5.07. The van der Waals surface area contributed by atoms with Crippen molar-refractivity contribution in [2.45, 2.75) is 13.5 Å². The molecule has 0 bridgehead atoms. The molecule has 0 aromatic carbocycles. The molecule has 5 nitrogen and oxygen atoms in total. The Kier molecular flexibility index (Phi) is 2.64.